The minimum absolute atomic E-state index is 0.647. The zero-order valence-electron chi connectivity index (χ0n) is 10.8. The van der Waals surface area contributed by atoms with Gasteiger partial charge in [-0.05, 0) is 32.3 Å². The second kappa shape index (κ2) is 4.22. The summed E-state index contributed by atoms with van der Waals surface area (Å²) in [6.07, 6.45) is 6.07. The lowest BCUT2D eigenvalue weighted by Gasteiger charge is -2.42. The summed E-state index contributed by atoms with van der Waals surface area (Å²) < 4.78 is 1.67. The van der Waals surface area contributed by atoms with Crippen LogP contribution in [-0.2, 0) is 4.79 Å². The van der Waals surface area contributed by atoms with Crippen molar-refractivity contribution < 1.29 is 9.90 Å². The van der Waals surface area contributed by atoms with Gasteiger partial charge in [-0.1, -0.05) is 0 Å². The lowest BCUT2D eigenvalue weighted by molar-refractivity contribution is -0.143. The van der Waals surface area contributed by atoms with Crippen molar-refractivity contribution in [2.45, 2.75) is 31.7 Å². The van der Waals surface area contributed by atoms with Gasteiger partial charge in [-0.3, -0.25) is 0 Å². The van der Waals surface area contributed by atoms with E-state index in [1.807, 2.05) is 23.2 Å². The number of carbonyl (C=O) groups is 1. The number of hydrogen-bond acceptors (Lipinski definition) is 4. The van der Waals surface area contributed by atoms with Gasteiger partial charge < -0.3 is 10.0 Å². The molecule has 1 aliphatic rings. The molecule has 3 heterocycles. The fourth-order valence-electron chi connectivity index (χ4n) is 2.66. The molecule has 0 bridgehead atoms. The van der Waals surface area contributed by atoms with E-state index in [9.17, 15) is 9.90 Å². The number of hydrogen-bond donors (Lipinski definition) is 1. The average molecular weight is 260 g/mol. The van der Waals surface area contributed by atoms with Gasteiger partial charge in [0.25, 0.3) is 0 Å². The standard InChI is InChI=1S/C13H16N4O2/c1-13(12(18)19)6-2-3-8-16(13)10-5-9-17-11(15-10)4-7-14-17/h4-5,7,9H,2-3,6,8H2,1H3,(H,18,19). The van der Waals surface area contributed by atoms with Crippen molar-refractivity contribution in [3.05, 3.63) is 24.5 Å². The SMILES string of the molecule is CC1(C(=O)O)CCCCN1c1ccn2nccc2n1. The third-order valence-corrected chi connectivity index (χ3v) is 3.87. The molecular formula is C13H16N4O2. The summed E-state index contributed by atoms with van der Waals surface area (Å²) in [5, 5.41) is 13.6. The lowest BCUT2D eigenvalue weighted by Crippen LogP contribution is -2.55. The maximum atomic E-state index is 11.6. The molecule has 0 aliphatic carbocycles. The Morgan fingerprint density at radius 1 is 1.42 bits per heavy atom. The number of carboxylic acids is 1. The fourth-order valence-corrected chi connectivity index (χ4v) is 2.66. The summed E-state index contributed by atoms with van der Waals surface area (Å²) in [7, 11) is 0. The minimum Gasteiger partial charge on any atom is -0.480 e. The quantitative estimate of drug-likeness (QED) is 0.887. The number of aliphatic carboxylic acids is 1. The van der Waals surface area contributed by atoms with Crippen LogP contribution in [0.1, 0.15) is 26.2 Å². The molecule has 19 heavy (non-hydrogen) atoms. The first kappa shape index (κ1) is 12.0. The molecule has 0 amide bonds. The molecule has 0 aromatic carbocycles. The Morgan fingerprint density at radius 2 is 2.26 bits per heavy atom. The predicted octanol–water partition coefficient (Wildman–Crippen LogP) is 1.56. The van der Waals surface area contributed by atoms with Crippen molar-refractivity contribution in [3.63, 3.8) is 0 Å². The van der Waals surface area contributed by atoms with Crippen LogP contribution in [0.25, 0.3) is 5.65 Å². The van der Waals surface area contributed by atoms with E-state index in [4.69, 9.17) is 0 Å². The fraction of sp³-hybridized carbons (Fsp3) is 0.462. The van der Waals surface area contributed by atoms with Crippen molar-refractivity contribution in [3.8, 4) is 0 Å². The van der Waals surface area contributed by atoms with Gasteiger partial charge in [0.2, 0.25) is 0 Å². The first-order chi connectivity index (χ1) is 9.11. The largest absolute Gasteiger partial charge is 0.480 e. The molecule has 1 unspecified atom stereocenters. The van der Waals surface area contributed by atoms with E-state index in [2.05, 4.69) is 10.1 Å². The highest BCUT2D eigenvalue weighted by Gasteiger charge is 2.42. The maximum absolute atomic E-state index is 11.6. The second-order valence-electron chi connectivity index (χ2n) is 5.11. The molecule has 1 saturated heterocycles. The third kappa shape index (κ3) is 1.83. The number of aromatic nitrogens is 3. The van der Waals surface area contributed by atoms with Crippen molar-refractivity contribution in [1.82, 2.24) is 14.6 Å². The highest BCUT2D eigenvalue weighted by atomic mass is 16.4. The molecule has 1 atom stereocenters. The smallest absolute Gasteiger partial charge is 0.329 e. The zero-order valence-corrected chi connectivity index (χ0v) is 10.8. The van der Waals surface area contributed by atoms with Crippen LogP contribution in [0.5, 0.6) is 0 Å². The third-order valence-electron chi connectivity index (χ3n) is 3.87. The average Bonchev–Trinajstić information content (AvgIpc) is 2.86. The Labute approximate surface area is 110 Å². The molecule has 2 aromatic rings. The van der Waals surface area contributed by atoms with Gasteiger partial charge in [0.1, 0.15) is 11.4 Å². The topological polar surface area (TPSA) is 70.7 Å². The molecular weight excluding hydrogens is 244 g/mol. The number of anilines is 1. The van der Waals surface area contributed by atoms with Crippen LogP contribution in [0.3, 0.4) is 0 Å². The molecule has 1 fully saturated rings. The molecule has 0 spiro atoms. The predicted molar refractivity (Wildman–Crippen MR) is 70.2 cm³/mol. The molecule has 1 aliphatic heterocycles. The number of nitrogens with zero attached hydrogens (tertiary/aromatic N) is 4. The molecule has 6 heteroatoms. The summed E-state index contributed by atoms with van der Waals surface area (Å²) in [4.78, 5) is 18.0. The first-order valence-corrected chi connectivity index (χ1v) is 6.43. The van der Waals surface area contributed by atoms with Gasteiger partial charge in [0.05, 0.1) is 6.20 Å². The highest BCUT2D eigenvalue weighted by molar-refractivity contribution is 5.83. The van der Waals surface area contributed by atoms with E-state index in [1.54, 1.807) is 17.6 Å². The molecule has 100 valence electrons. The van der Waals surface area contributed by atoms with E-state index >= 15 is 0 Å². The molecule has 0 saturated carbocycles. The zero-order chi connectivity index (χ0) is 13.5. The van der Waals surface area contributed by atoms with Gasteiger partial charge in [-0.2, -0.15) is 5.10 Å². The maximum Gasteiger partial charge on any atom is 0.329 e. The van der Waals surface area contributed by atoms with E-state index in [1.165, 1.54) is 0 Å². The van der Waals surface area contributed by atoms with Gasteiger partial charge in [-0.25, -0.2) is 14.3 Å². The van der Waals surface area contributed by atoms with E-state index in [0.29, 0.717) is 12.2 Å². The normalized spacial score (nSPS) is 23.7. The van der Waals surface area contributed by atoms with Crippen molar-refractivity contribution >= 4 is 17.4 Å². The summed E-state index contributed by atoms with van der Waals surface area (Å²) in [6.45, 7) is 2.50. The summed E-state index contributed by atoms with van der Waals surface area (Å²) in [6, 6.07) is 3.64. The number of rotatable bonds is 2. The Kier molecular flexibility index (Phi) is 2.66. The van der Waals surface area contributed by atoms with E-state index in [0.717, 1.165) is 25.0 Å². The van der Waals surface area contributed by atoms with Crippen LogP contribution >= 0.6 is 0 Å². The van der Waals surface area contributed by atoms with Crippen molar-refractivity contribution in [2.75, 3.05) is 11.4 Å². The van der Waals surface area contributed by atoms with Crippen LogP contribution in [0.2, 0.25) is 0 Å². The van der Waals surface area contributed by atoms with Crippen molar-refractivity contribution in [2.24, 2.45) is 0 Å². The van der Waals surface area contributed by atoms with Gasteiger partial charge in [-0.15, -0.1) is 0 Å². The molecule has 3 rings (SSSR count). The summed E-state index contributed by atoms with van der Waals surface area (Å²) in [5.74, 6) is -0.0834. The van der Waals surface area contributed by atoms with E-state index in [-0.39, 0.29) is 0 Å². The molecule has 0 radical (unpaired) electrons. The number of carboxylic acid groups (broad SMARTS) is 1. The van der Waals surface area contributed by atoms with Gasteiger partial charge in [0, 0.05) is 18.8 Å². The second-order valence-corrected chi connectivity index (χ2v) is 5.11. The monoisotopic (exact) mass is 260 g/mol. The number of piperidine rings is 1. The Bertz CT molecular complexity index is 624. The van der Waals surface area contributed by atoms with Crippen molar-refractivity contribution in [1.29, 1.82) is 0 Å². The lowest BCUT2D eigenvalue weighted by atomic mass is 9.88. The van der Waals surface area contributed by atoms with Crippen LogP contribution in [0.4, 0.5) is 5.82 Å². The minimum atomic E-state index is -0.871. The number of fused-ring (bicyclic) bond motifs is 1. The van der Waals surface area contributed by atoms with Crippen LogP contribution in [0.15, 0.2) is 24.5 Å². The molecule has 2 aromatic heterocycles. The van der Waals surface area contributed by atoms with Crippen LogP contribution in [-0.4, -0.2) is 37.8 Å². The summed E-state index contributed by atoms with van der Waals surface area (Å²) in [5.41, 5.74) is -0.139. The van der Waals surface area contributed by atoms with Crippen LogP contribution in [0, 0.1) is 0 Å². The Hall–Kier alpha value is -2.11. The Balaban J connectivity index is 2.04. The first-order valence-electron chi connectivity index (χ1n) is 6.43. The Morgan fingerprint density at radius 3 is 3.05 bits per heavy atom. The molecule has 1 N–H and O–H groups in total. The van der Waals surface area contributed by atoms with E-state index < -0.39 is 11.5 Å². The summed E-state index contributed by atoms with van der Waals surface area (Å²) >= 11 is 0. The molecule has 6 nitrogen and oxygen atoms in total. The highest BCUT2D eigenvalue weighted by Crippen LogP contribution is 2.32. The van der Waals surface area contributed by atoms with Gasteiger partial charge in [0.15, 0.2) is 5.65 Å². The van der Waals surface area contributed by atoms with Gasteiger partial charge >= 0.3 is 5.97 Å². The van der Waals surface area contributed by atoms with Crippen LogP contribution < -0.4 is 4.90 Å².